The first-order valence-electron chi connectivity index (χ1n) is 10.7. The Bertz CT molecular complexity index is 1070. The van der Waals surface area contributed by atoms with Gasteiger partial charge >= 0.3 is 0 Å². The van der Waals surface area contributed by atoms with E-state index in [1.54, 1.807) is 12.1 Å². The van der Waals surface area contributed by atoms with E-state index in [-0.39, 0.29) is 23.5 Å². The van der Waals surface area contributed by atoms with Crippen LogP contribution in [0, 0.1) is 6.92 Å². The molecule has 2 aromatic carbocycles. The molecule has 3 rings (SSSR count). The highest BCUT2D eigenvalue weighted by Gasteiger charge is 2.24. The minimum absolute atomic E-state index is 0.00727. The Morgan fingerprint density at radius 2 is 1.88 bits per heavy atom. The number of ether oxygens (including phenoxy) is 2. The highest BCUT2D eigenvalue weighted by Crippen LogP contribution is 2.20. The van der Waals surface area contributed by atoms with Crippen LogP contribution in [0.5, 0.6) is 5.75 Å². The number of hydrogen-bond donors (Lipinski definition) is 2. The zero-order chi connectivity index (χ0) is 23.8. The molecule has 2 aromatic rings. The van der Waals surface area contributed by atoms with E-state index < -0.39 is 22.5 Å². The average molecular weight is 476 g/mol. The van der Waals surface area contributed by atoms with E-state index in [1.807, 2.05) is 19.1 Å². The van der Waals surface area contributed by atoms with Gasteiger partial charge in [0, 0.05) is 18.8 Å². The molecule has 9 nitrogen and oxygen atoms in total. The van der Waals surface area contributed by atoms with Gasteiger partial charge in [-0.15, -0.1) is 0 Å². The van der Waals surface area contributed by atoms with Gasteiger partial charge in [0.25, 0.3) is 0 Å². The predicted molar refractivity (Wildman–Crippen MR) is 124 cm³/mol. The maximum atomic E-state index is 13.0. The van der Waals surface area contributed by atoms with Gasteiger partial charge in [-0.25, -0.2) is 13.1 Å². The molecule has 33 heavy (non-hydrogen) atoms. The second kappa shape index (κ2) is 11.3. The Morgan fingerprint density at radius 3 is 2.52 bits per heavy atom. The number of carbonyl (C=O) groups is 2. The molecule has 1 saturated heterocycles. The van der Waals surface area contributed by atoms with Gasteiger partial charge in [0.05, 0.1) is 24.7 Å². The van der Waals surface area contributed by atoms with Gasteiger partial charge in [0.1, 0.15) is 12.3 Å². The number of nitrogens with zero attached hydrogens (tertiary/aromatic N) is 1. The molecule has 1 heterocycles. The minimum Gasteiger partial charge on any atom is -0.497 e. The van der Waals surface area contributed by atoms with Crippen molar-refractivity contribution in [3.05, 3.63) is 54.1 Å². The van der Waals surface area contributed by atoms with E-state index in [1.165, 1.54) is 36.3 Å². The van der Waals surface area contributed by atoms with Crippen molar-refractivity contribution < 1.29 is 27.5 Å². The van der Waals surface area contributed by atoms with Crippen molar-refractivity contribution in [2.24, 2.45) is 0 Å². The van der Waals surface area contributed by atoms with Gasteiger partial charge in [-0.05, 0) is 55.7 Å². The largest absolute Gasteiger partial charge is 0.497 e. The van der Waals surface area contributed by atoms with E-state index >= 15 is 0 Å². The third-order valence-electron chi connectivity index (χ3n) is 5.34. The molecule has 2 N–H and O–H groups in total. The third kappa shape index (κ3) is 6.77. The van der Waals surface area contributed by atoms with Gasteiger partial charge in [0.15, 0.2) is 0 Å². The summed E-state index contributed by atoms with van der Waals surface area (Å²) in [6, 6.07) is 13.0. The van der Waals surface area contributed by atoms with Crippen LogP contribution in [0.2, 0.25) is 0 Å². The van der Waals surface area contributed by atoms with Crippen molar-refractivity contribution in [1.29, 1.82) is 0 Å². The minimum atomic E-state index is -3.93. The van der Waals surface area contributed by atoms with Gasteiger partial charge in [-0.3, -0.25) is 9.59 Å². The highest BCUT2D eigenvalue weighted by molar-refractivity contribution is 7.89. The summed E-state index contributed by atoms with van der Waals surface area (Å²) in [6.45, 7) is 2.14. The first-order chi connectivity index (χ1) is 15.8. The smallest absolute Gasteiger partial charge is 0.242 e. The molecule has 0 unspecified atom stereocenters. The van der Waals surface area contributed by atoms with Gasteiger partial charge < -0.3 is 19.7 Å². The number of sulfonamides is 1. The molecule has 2 amide bonds. The number of rotatable bonds is 10. The predicted octanol–water partition coefficient (Wildman–Crippen LogP) is 1.61. The summed E-state index contributed by atoms with van der Waals surface area (Å²) in [5.41, 5.74) is 1.33. The SMILES string of the molecule is COc1ccc(S(=O)(=O)NCC(=O)N(CC(=O)NC[C@H]2CCCO2)c2ccccc2C)cc1. The van der Waals surface area contributed by atoms with Crippen LogP contribution in [0.1, 0.15) is 18.4 Å². The van der Waals surface area contributed by atoms with Gasteiger partial charge in [-0.2, -0.15) is 0 Å². The number of amides is 2. The van der Waals surface area contributed by atoms with Crippen LogP contribution in [0.3, 0.4) is 0 Å². The lowest BCUT2D eigenvalue weighted by molar-refractivity contribution is -0.123. The van der Waals surface area contributed by atoms with Gasteiger partial charge in [0.2, 0.25) is 21.8 Å². The van der Waals surface area contributed by atoms with Crippen molar-refractivity contribution >= 4 is 27.5 Å². The topological polar surface area (TPSA) is 114 Å². The van der Waals surface area contributed by atoms with Crippen molar-refractivity contribution in [3.8, 4) is 5.75 Å². The Kier molecular flexibility index (Phi) is 8.43. The Morgan fingerprint density at radius 1 is 1.15 bits per heavy atom. The fourth-order valence-electron chi connectivity index (χ4n) is 3.50. The number of aryl methyl sites for hydroxylation is 1. The maximum absolute atomic E-state index is 13.0. The number of benzene rings is 2. The van der Waals surface area contributed by atoms with Crippen LogP contribution >= 0.6 is 0 Å². The highest BCUT2D eigenvalue weighted by atomic mass is 32.2. The van der Waals surface area contributed by atoms with Gasteiger partial charge in [-0.1, -0.05) is 18.2 Å². The third-order valence-corrected chi connectivity index (χ3v) is 6.76. The van der Waals surface area contributed by atoms with Crippen LogP contribution in [-0.4, -0.2) is 59.7 Å². The number of anilines is 1. The first-order valence-corrected chi connectivity index (χ1v) is 12.2. The lowest BCUT2D eigenvalue weighted by Crippen LogP contribution is -2.46. The molecule has 1 aliphatic rings. The fraction of sp³-hybridized carbons (Fsp3) is 0.391. The molecule has 1 atom stereocenters. The summed E-state index contributed by atoms with van der Waals surface area (Å²) in [6.07, 6.45) is 1.82. The van der Waals surface area contributed by atoms with Crippen LogP contribution in [-0.2, 0) is 24.3 Å². The summed E-state index contributed by atoms with van der Waals surface area (Å²) >= 11 is 0. The molecular weight excluding hydrogens is 446 g/mol. The molecule has 1 aliphatic heterocycles. The molecule has 1 fully saturated rings. The summed E-state index contributed by atoms with van der Waals surface area (Å²) in [7, 11) is -2.44. The Balaban J connectivity index is 1.69. The van der Waals surface area contributed by atoms with E-state index in [0.29, 0.717) is 24.6 Å². The van der Waals surface area contributed by atoms with Crippen molar-refractivity contribution in [1.82, 2.24) is 10.0 Å². The lowest BCUT2D eigenvalue weighted by atomic mass is 10.1. The van der Waals surface area contributed by atoms with E-state index in [9.17, 15) is 18.0 Å². The van der Waals surface area contributed by atoms with Crippen molar-refractivity contribution in [2.75, 3.05) is 38.3 Å². The molecule has 0 spiro atoms. The molecule has 0 bridgehead atoms. The van der Waals surface area contributed by atoms with Crippen LogP contribution in [0.25, 0.3) is 0 Å². The van der Waals surface area contributed by atoms with E-state index in [4.69, 9.17) is 9.47 Å². The average Bonchev–Trinajstić information content (AvgIpc) is 3.34. The van der Waals surface area contributed by atoms with Crippen LogP contribution < -0.4 is 19.7 Å². The standard InChI is InChI=1S/C23H29N3O6S/c1-17-6-3-4-8-21(17)26(16-22(27)24-14-19-7-5-13-32-19)23(28)15-25-33(29,30)20-11-9-18(31-2)10-12-20/h3-4,6,8-12,19,25H,5,7,13-16H2,1-2H3,(H,24,27)/t19-/m1/s1. The molecule has 178 valence electrons. The molecule has 0 saturated carbocycles. The maximum Gasteiger partial charge on any atom is 0.242 e. The summed E-state index contributed by atoms with van der Waals surface area (Å²) < 4.78 is 38.1. The summed E-state index contributed by atoms with van der Waals surface area (Å²) in [4.78, 5) is 26.9. The monoisotopic (exact) mass is 475 g/mol. The quantitative estimate of drug-likeness (QED) is 0.540. The van der Waals surface area contributed by atoms with Crippen LogP contribution in [0.15, 0.2) is 53.4 Å². The number of hydrogen-bond acceptors (Lipinski definition) is 6. The van der Waals surface area contributed by atoms with E-state index in [2.05, 4.69) is 10.0 Å². The van der Waals surface area contributed by atoms with E-state index in [0.717, 1.165) is 18.4 Å². The molecular formula is C23H29N3O6S. The Labute approximate surface area is 194 Å². The second-order valence-corrected chi connectivity index (χ2v) is 9.47. The zero-order valence-corrected chi connectivity index (χ0v) is 19.6. The Hall–Kier alpha value is -2.95. The summed E-state index contributed by atoms with van der Waals surface area (Å²) in [5.74, 6) is -0.376. The fourth-order valence-corrected chi connectivity index (χ4v) is 4.47. The van der Waals surface area contributed by atoms with Crippen molar-refractivity contribution in [2.45, 2.75) is 30.8 Å². The summed E-state index contributed by atoms with van der Waals surface area (Å²) in [5, 5.41) is 2.80. The molecule has 0 radical (unpaired) electrons. The molecule has 10 heteroatoms. The number of para-hydroxylation sites is 1. The number of nitrogens with one attached hydrogen (secondary N) is 2. The zero-order valence-electron chi connectivity index (χ0n) is 18.7. The second-order valence-electron chi connectivity index (χ2n) is 7.71. The number of carbonyl (C=O) groups excluding carboxylic acids is 2. The number of methoxy groups -OCH3 is 1. The van der Waals surface area contributed by atoms with Crippen LogP contribution in [0.4, 0.5) is 5.69 Å². The molecule has 0 aromatic heterocycles. The lowest BCUT2D eigenvalue weighted by Gasteiger charge is -2.24. The molecule has 0 aliphatic carbocycles. The first kappa shape index (κ1) is 24.7. The van der Waals surface area contributed by atoms with Crippen molar-refractivity contribution in [3.63, 3.8) is 0 Å². The normalized spacial score (nSPS) is 15.8.